The summed E-state index contributed by atoms with van der Waals surface area (Å²) in [6, 6.07) is 3.45. The van der Waals surface area contributed by atoms with Gasteiger partial charge in [-0.25, -0.2) is 10.2 Å². The van der Waals surface area contributed by atoms with E-state index in [-0.39, 0.29) is 17.5 Å². The third kappa shape index (κ3) is 3.80. The van der Waals surface area contributed by atoms with Gasteiger partial charge in [0.05, 0.1) is 16.9 Å². The maximum atomic E-state index is 12.3. The fourth-order valence-corrected chi connectivity index (χ4v) is 4.22. The Labute approximate surface area is 183 Å². The van der Waals surface area contributed by atoms with Crippen molar-refractivity contribution >= 4 is 45.1 Å². The first kappa shape index (κ1) is 20.8. The van der Waals surface area contributed by atoms with Crippen molar-refractivity contribution in [3.05, 3.63) is 16.6 Å². The molecule has 1 fully saturated rings. The summed E-state index contributed by atoms with van der Waals surface area (Å²) in [5.41, 5.74) is 3.34. The van der Waals surface area contributed by atoms with Crippen LogP contribution < -0.4 is 20.4 Å². The van der Waals surface area contributed by atoms with Gasteiger partial charge in [0.15, 0.2) is 5.84 Å². The molecule has 1 atom stereocenters. The molecule has 1 aromatic rings. The van der Waals surface area contributed by atoms with Gasteiger partial charge in [0.25, 0.3) is 5.91 Å². The number of halogens is 1. The van der Waals surface area contributed by atoms with Gasteiger partial charge in [-0.15, -0.1) is 0 Å². The molecule has 10 heteroatoms. The lowest BCUT2D eigenvalue weighted by Crippen LogP contribution is -2.66. The lowest BCUT2D eigenvalue weighted by molar-refractivity contribution is -0.122. The number of amidine groups is 1. The zero-order valence-electron chi connectivity index (χ0n) is 17.7. The fourth-order valence-electron chi connectivity index (χ4n) is 3.80. The lowest BCUT2D eigenvalue weighted by atomic mass is 9.92. The van der Waals surface area contributed by atoms with E-state index in [4.69, 9.17) is 9.47 Å². The Morgan fingerprint density at radius 2 is 2.10 bits per heavy atom. The van der Waals surface area contributed by atoms with Crippen LogP contribution in [0.25, 0.3) is 0 Å². The largest absolute Gasteiger partial charge is 0.483 e. The van der Waals surface area contributed by atoms with E-state index in [1.165, 1.54) is 0 Å². The average Bonchev–Trinajstić information content (AvgIpc) is 2.61. The van der Waals surface area contributed by atoms with Crippen LogP contribution in [0.2, 0.25) is 0 Å². The van der Waals surface area contributed by atoms with Gasteiger partial charge in [-0.05, 0) is 62.7 Å². The molecule has 1 saturated heterocycles. The number of carbonyl (C=O) groups excluding carboxylic acids is 2. The first-order valence-corrected chi connectivity index (χ1v) is 10.6. The number of carbonyl (C=O) groups is 2. The molecule has 0 aliphatic carbocycles. The topological polar surface area (TPSA) is 95.5 Å². The Morgan fingerprint density at radius 1 is 1.40 bits per heavy atom. The molecule has 0 spiro atoms. The molecule has 0 radical (unpaired) electrons. The van der Waals surface area contributed by atoms with Crippen molar-refractivity contribution in [3.8, 4) is 5.75 Å². The molecule has 2 N–H and O–H groups in total. The fraction of sp³-hybridized carbons (Fsp3) is 0.550. The number of amides is 2. The van der Waals surface area contributed by atoms with Crippen LogP contribution in [0, 0.1) is 0 Å². The highest BCUT2D eigenvalue weighted by atomic mass is 79.9. The van der Waals surface area contributed by atoms with Gasteiger partial charge in [-0.3, -0.25) is 4.79 Å². The van der Waals surface area contributed by atoms with Gasteiger partial charge < -0.3 is 24.6 Å². The Morgan fingerprint density at radius 3 is 2.77 bits per heavy atom. The molecule has 30 heavy (non-hydrogen) atoms. The highest BCUT2D eigenvalue weighted by Gasteiger charge is 2.44. The summed E-state index contributed by atoms with van der Waals surface area (Å²) in [6.07, 6.45) is -0.311. The zero-order valence-corrected chi connectivity index (χ0v) is 19.3. The standard InChI is InChI=1S/C20H26BrN5O4/c1-11-17(27)24-23-16-8-29-15-6-12(21)13(7-14(15)26(11)16)22-20(5)9-25(10-20)18(28)30-19(2,3)4/h6-7,11,22H,8-10H2,1-5H3,(H,24,27). The Bertz CT molecular complexity index is 936. The van der Waals surface area contributed by atoms with Gasteiger partial charge in [-0.1, -0.05) is 0 Å². The number of hydrogen-bond acceptors (Lipinski definition) is 7. The van der Waals surface area contributed by atoms with Crippen molar-refractivity contribution in [1.82, 2.24) is 10.3 Å². The SMILES string of the molecule is CC1C(=O)NN=C2COc3cc(Br)c(NC4(C)CN(C(=O)OC(C)(C)C)C4)cc3N21. The quantitative estimate of drug-likeness (QED) is 0.676. The molecular formula is C20H26BrN5O4. The Hall–Kier alpha value is -2.49. The molecule has 0 saturated carbocycles. The first-order valence-electron chi connectivity index (χ1n) is 9.84. The minimum absolute atomic E-state index is 0.164. The molecule has 2 amide bonds. The van der Waals surface area contributed by atoms with E-state index in [2.05, 4.69) is 38.7 Å². The van der Waals surface area contributed by atoms with E-state index < -0.39 is 11.6 Å². The normalized spacial score (nSPS) is 22.0. The summed E-state index contributed by atoms with van der Waals surface area (Å²) in [6.45, 7) is 10.8. The maximum Gasteiger partial charge on any atom is 0.410 e. The van der Waals surface area contributed by atoms with Crippen LogP contribution in [-0.2, 0) is 9.53 Å². The van der Waals surface area contributed by atoms with Crippen LogP contribution in [0.5, 0.6) is 5.75 Å². The Kier molecular flexibility index (Phi) is 4.87. The van der Waals surface area contributed by atoms with E-state index in [0.29, 0.717) is 31.3 Å². The average molecular weight is 480 g/mol. The lowest BCUT2D eigenvalue weighted by Gasteiger charge is -2.49. The number of nitrogens with one attached hydrogen (secondary N) is 2. The van der Waals surface area contributed by atoms with Gasteiger partial charge in [0.2, 0.25) is 0 Å². The molecule has 1 aromatic carbocycles. The number of ether oxygens (including phenoxy) is 2. The van der Waals surface area contributed by atoms with Crippen molar-refractivity contribution in [3.63, 3.8) is 0 Å². The molecule has 3 heterocycles. The number of fused-ring (bicyclic) bond motifs is 3. The van der Waals surface area contributed by atoms with Gasteiger partial charge in [0, 0.05) is 17.6 Å². The second-order valence-corrected chi connectivity index (χ2v) is 10.0. The predicted molar refractivity (Wildman–Crippen MR) is 117 cm³/mol. The van der Waals surface area contributed by atoms with E-state index in [1.807, 2.05) is 44.7 Å². The van der Waals surface area contributed by atoms with Crippen LogP contribution >= 0.6 is 15.9 Å². The van der Waals surface area contributed by atoms with Gasteiger partial charge in [-0.2, -0.15) is 5.10 Å². The van der Waals surface area contributed by atoms with Crippen LogP contribution in [0.1, 0.15) is 34.6 Å². The summed E-state index contributed by atoms with van der Waals surface area (Å²) >= 11 is 3.60. The summed E-state index contributed by atoms with van der Waals surface area (Å²) in [4.78, 5) is 27.9. The molecule has 4 rings (SSSR count). The maximum absolute atomic E-state index is 12.3. The van der Waals surface area contributed by atoms with Crippen LogP contribution in [0.3, 0.4) is 0 Å². The van der Waals surface area contributed by atoms with Crippen molar-refractivity contribution < 1.29 is 19.1 Å². The highest BCUT2D eigenvalue weighted by Crippen LogP contribution is 2.42. The molecule has 3 aliphatic heterocycles. The van der Waals surface area contributed by atoms with Gasteiger partial charge >= 0.3 is 6.09 Å². The van der Waals surface area contributed by atoms with Crippen molar-refractivity contribution in [1.29, 1.82) is 0 Å². The molecule has 0 aromatic heterocycles. The molecule has 0 bridgehead atoms. The molecule has 162 valence electrons. The van der Waals surface area contributed by atoms with E-state index in [9.17, 15) is 9.59 Å². The van der Waals surface area contributed by atoms with E-state index in [0.717, 1.165) is 15.8 Å². The smallest absolute Gasteiger partial charge is 0.410 e. The minimum Gasteiger partial charge on any atom is -0.483 e. The first-order chi connectivity index (χ1) is 14.0. The summed E-state index contributed by atoms with van der Waals surface area (Å²) < 4.78 is 12.1. The van der Waals surface area contributed by atoms with Crippen LogP contribution in [0.4, 0.5) is 16.2 Å². The zero-order chi connectivity index (χ0) is 21.8. The van der Waals surface area contributed by atoms with Crippen molar-refractivity contribution in [2.45, 2.75) is 51.8 Å². The molecule has 1 unspecified atom stereocenters. The third-order valence-corrected chi connectivity index (χ3v) is 5.83. The van der Waals surface area contributed by atoms with Crippen molar-refractivity contribution in [2.24, 2.45) is 5.10 Å². The number of benzene rings is 1. The second kappa shape index (κ2) is 7.04. The van der Waals surface area contributed by atoms with Crippen LogP contribution in [-0.4, -0.2) is 59.6 Å². The summed E-state index contributed by atoms with van der Waals surface area (Å²) in [5, 5.41) is 7.65. The molecular weight excluding hydrogens is 454 g/mol. The summed E-state index contributed by atoms with van der Waals surface area (Å²) in [5.74, 6) is 1.18. The molecule has 9 nitrogen and oxygen atoms in total. The number of hydrazone groups is 1. The monoisotopic (exact) mass is 479 g/mol. The summed E-state index contributed by atoms with van der Waals surface area (Å²) in [7, 11) is 0. The number of anilines is 2. The predicted octanol–water partition coefficient (Wildman–Crippen LogP) is 2.90. The second-order valence-electron chi connectivity index (χ2n) is 9.16. The molecule has 3 aliphatic rings. The number of hydrogen-bond donors (Lipinski definition) is 2. The number of nitrogens with zero attached hydrogens (tertiary/aromatic N) is 3. The minimum atomic E-state index is -0.519. The van der Waals surface area contributed by atoms with E-state index >= 15 is 0 Å². The number of rotatable bonds is 2. The third-order valence-electron chi connectivity index (χ3n) is 5.17. The highest BCUT2D eigenvalue weighted by molar-refractivity contribution is 9.10. The van der Waals surface area contributed by atoms with Gasteiger partial charge in [0.1, 0.15) is 24.0 Å². The Balaban J connectivity index is 1.53. The van der Waals surface area contributed by atoms with Crippen LogP contribution in [0.15, 0.2) is 21.7 Å². The van der Waals surface area contributed by atoms with Crippen molar-refractivity contribution in [2.75, 3.05) is 29.9 Å². The van der Waals surface area contributed by atoms with E-state index in [1.54, 1.807) is 4.90 Å². The number of likely N-dealkylation sites (tertiary alicyclic amines) is 1.